The second-order valence-corrected chi connectivity index (χ2v) is 6.30. The highest BCUT2D eigenvalue weighted by molar-refractivity contribution is 7.89. The first-order chi connectivity index (χ1) is 7.84. The number of aliphatic hydroxyl groups excluding tert-OH is 1. The van der Waals surface area contributed by atoms with Crippen molar-refractivity contribution in [2.24, 2.45) is 7.05 Å². The third-order valence-electron chi connectivity index (χ3n) is 3.17. The van der Waals surface area contributed by atoms with Crippen LogP contribution in [0.5, 0.6) is 0 Å². The molecular formula is C10H17N3O3S. The van der Waals surface area contributed by atoms with Gasteiger partial charge in [0.2, 0.25) is 10.0 Å². The van der Waals surface area contributed by atoms with Gasteiger partial charge in [0, 0.05) is 20.1 Å². The summed E-state index contributed by atoms with van der Waals surface area (Å²) < 4.78 is 27.7. The number of hydrogen-bond donors (Lipinski definition) is 1. The van der Waals surface area contributed by atoms with Crippen LogP contribution in [0.4, 0.5) is 0 Å². The minimum atomic E-state index is -3.52. The third kappa shape index (κ3) is 1.98. The van der Waals surface area contributed by atoms with Crippen molar-refractivity contribution in [1.82, 2.24) is 14.1 Å². The molecule has 1 fully saturated rings. The van der Waals surface area contributed by atoms with E-state index in [9.17, 15) is 13.5 Å². The van der Waals surface area contributed by atoms with E-state index in [2.05, 4.69) is 5.10 Å². The van der Waals surface area contributed by atoms with Gasteiger partial charge in [-0.1, -0.05) is 0 Å². The van der Waals surface area contributed by atoms with Crippen molar-refractivity contribution in [3.63, 3.8) is 0 Å². The Hall–Kier alpha value is -0.920. The minimum absolute atomic E-state index is 0.177. The molecule has 1 aliphatic rings. The predicted octanol–water partition coefficient (Wildman–Crippen LogP) is -0.208. The van der Waals surface area contributed by atoms with Crippen LogP contribution in [0.2, 0.25) is 0 Å². The van der Waals surface area contributed by atoms with Gasteiger partial charge in [0.25, 0.3) is 0 Å². The molecule has 6 nitrogen and oxygen atoms in total. The summed E-state index contributed by atoms with van der Waals surface area (Å²) in [5, 5.41) is 13.5. The molecule has 0 aromatic carbocycles. The first-order valence-corrected chi connectivity index (χ1v) is 6.96. The third-order valence-corrected chi connectivity index (χ3v) is 5.28. The van der Waals surface area contributed by atoms with Crippen molar-refractivity contribution in [2.75, 3.05) is 13.1 Å². The molecule has 2 rings (SSSR count). The Morgan fingerprint density at radius 1 is 1.41 bits per heavy atom. The summed E-state index contributed by atoms with van der Waals surface area (Å²) in [7, 11) is -1.80. The van der Waals surface area contributed by atoms with Crippen LogP contribution in [0.3, 0.4) is 0 Å². The zero-order valence-electron chi connectivity index (χ0n) is 10.2. The van der Waals surface area contributed by atoms with Gasteiger partial charge in [-0.25, -0.2) is 8.42 Å². The van der Waals surface area contributed by atoms with E-state index in [1.54, 1.807) is 25.6 Å². The van der Waals surface area contributed by atoms with Crippen molar-refractivity contribution in [2.45, 2.75) is 31.3 Å². The monoisotopic (exact) mass is 259 g/mol. The summed E-state index contributed by atoms with van der Waals surface area (Å²) in [6.07, 6.45) is -0.0560. The van der Waals surface area contributed by atoms with Gasteiger partial charge in [-0.3, -0.25) is 4.68 Å². The lowest BCUT2D eigenvalue weighted by molar-refractivity contribution is 0.189. The summed E-state index contributed by atoms with van der Waals surface area (Å²) in [6.45, 7) is 3.97. The van der Waals surface area contributed by atoms with Crippen molar-refractivity contribution in [3.8, 4) is 0 Å². The van der Waals surface area contributed by atoms with Gasteiger partial charge in [0.1, 0.15) is 4.90 Å². The van der Waals surface area contributed by atoms with Crippen LogP contribution in [0.25, 0.3) is 0 Å². The van der Waals surface area contributed by atoms with E-state index >= 15 is 0 Å². The molecular weight excluding hydrogens is 242 g/mol. The number of aryl methyl sites for hydroxylation is 2. The maximum absolute atomic E-state index is 12.4. The Bertz CT molecular complexity index is 535. The molecule has 1 aliphatic heterocycles. The first kappa shape index (κ1) is 12.5. The molecule has 17 heavy (non-hydrogen) atoms. The van der Waals surface area contributed by atoms with E-state index in [0.717, 1.165) is 0 Å². The van der Waals surface area contributed by atoms with E-state index in [1.165, 1.54) is 4.31 Å². The Balaban J connectivity index is 2.45. The number of sulfonamides is 1. The molecule has 0 amide bonds. The molecule has 0 bridgehead atoms. The van der Waals surface area contributed by atoms with Crippen LogP contribution < -0.4 is 0 Å². The molecule has 0 aliphatic carbocycles. The Morgan fingerprint density at radius 3 is 2.47 bits per heavy atom. The zero-order valence-corrected chi connectivity index (χ0v) is 11.0. The molecule has 96 valence electrons. The average Bonchev–Trinajstić information content (AvgIpc) is 2.73. The van der Waals surface area contributed by atoms with E-state index in [0.29, 0.717) is 24.4 Å². The van der Waals surface area contributed by atoms with Gasteiger partial charge >= 0.3 is 0 Å². The van der Waals surface area contributed by atoms with Gasteiger partial charge in [-0.15, -0.1) is 0 Å². The lowest BCUT2D eigenvalue weighted by Crippen LogP contribution is -2.30. The van der Waals surface area contributed by atoms with Crippen molar-refractivity contribution in [3.05, 3.63) is 11.4 Å². The summed E-state index contributed by atoms with van der Waals surface area (Å²) in [5.41, 5.74) is 1.13. The van der Waals surface area contributed by atoms with Crippen LogP contribution in [0, 0.1) is 13.8 Å². The number of rotatable bonds is 2. The van der Waals surface area contributed by atoms with Crippen LogP contribution in [-0.4, -0.2) is 46.8 Å². The highest BCUT2D eigenvalue weighted by atomic mass is 32.2. The number of aliphatic hydroxyl groups is 1. The highest BCUT2D eigenvalue weighted by Gasteiger charge is 2.35. The molecule has 1 aromatic rings. The van der Waals surface area contributed by atoms with Gasteiger partial charge in [0.15, 0.2) is 0 Å². The fourth-order valence-electron chi connectivity index (χ4n) is 2.19. The second kappa shape index (κ2) is 4.08. The molecule has 2 heterocycles. The molecule has 1 saturated heterocycles. The first-order valence-electron chi connectivity index (χ1n) is 5.52. The molecule has 0 saturated carbocycles. The van der Waals surface area contributed by atoms with E-state index in [-0.39, 0.29) is 11.4 Å². The highest BCUT2D eigenvalue weighted by Crippen LogP contribution is 2.25. The summed E-state index contributed by atoms with van der Waals surface area (Å²) in [6, 6.07) is 0. The summed E-state index contributed by atoms with van der Waals surface area (Å²) in [5.74, 6) is 0. The van der Waals surface area contributed by atoms with Gasteiger partial charge < -0.3 is 5.11 Å². The summed E-state index contributed by atoms with van der Waals surface area (Å²) >= 11 is 0. The Labute approximate surface area is 101 Å². The maximum atomic E-state index is 12.4. The number of nitrogens with zero attached hydrogens (tertiary/aromatic N) is 3. The molecule has 0 radical (unpaired) electrons. The number of β-amino-alcohol motifs (C(OH)–C–C–N with tert-alkyl or cyclic N) is 1. The smallest absolute Gasteiger partial charge is 0.246 e. The molecule has 7 heteroatoms. The Morgan fingerprint density at radius 2 is 2.06 bits per heavy atom. The maximum Gasteiger partial charge on any atom is 0.246 e. The fourth-order valence-corrected chi connectivity index (χ4v) is 4.08. The van der Waals surface area contributed by atoms with Gasteiger partial charge in [-0.05, 0) is 20.3 Å². The molecule has 1 aromatic heterocycles. The van der Waals surface area contributed by atoms with Crippen molar-refractivity contribution >= 4 is 10.0 Å². The van der Waals surface area contributed by atoms with Gasteiger partial charge in [-0.2, -0.15) is 9.40 Å². The average molecular weight is 259 g/mol. The van der Waals surface area contributed by atoms with Crippen LogP contribution in [-0.2, 0) is 17.1 Å². The normalized spacial score (nSPS) is 22.2. The standard InChI is InChI=1S/C10H17N3O3S/c1-7-10(8(2)12(3)11-7)17(15,16)13-5-4-9(14)6-13/h9,14H,4-6H2,1-3H3/t9-/m1/s1. The summed E-state index contributed by atoms with van der Waals surface area (Å²) in [4.78, 5) is 0.272. The quantitative estimate of drug-likeness (QED) is 0.797. The van der Waals surface area contributed by atoms with Crippen LogP contribution in [0.1, 0.15) is 17.8 Å². The largest absolute Gasteiger partial charge is 0.392 e. The molecule has 0 spiro atoms. The molecule has 1 N–H and O–H groups in total. The fraction of sp³-hybridized carbons (Fsp3) is 0.700. The zero-order chi connectivity index (χ0) is 12.8. The van der Waals surface area contributed by atoms with Crippen LogP contribution >= 0.6 is 0 Å². The number of aromatic nitrogens is 2. The van der Waals surface area contributed by atoms with Gasteiger partial charge in [0.05, 0.1) is 17.5 Å². The van der Waals surface area contributed by atoms with E-state index in [4.69, 9.17) is 0 Å². The molecule has 0 unspecified atom stereocenters. The molecule has 1 atom stereocenters. The minimum Gasteiger partial charge on any atom is -0.392 e. The number of hydrogen-bond acceptors (Lipinski definition) is 4. The SMILES string of the molecule is Cc1nn(C)c(C)c1S(=O)(=O)N1CC[C@@H](O)C1. The lowest BCUT2D eigenvalue weighted by Gasteiger charge is -2.15. The second-order valence-electron chi connectivity index (χ2n) is 4.43. The Kier molecular flexibility index (Phi) is 3.01. The van der Waals surface area contributed by atoms with Crippen molar-refractivity contribution < 1.29 is 13.5 Å². The van der Waals surface area contributed by atoms with E-state index < -0.39 is 16.1 Å². The van der Waals surface area contributed by atoms with Crippen molar-refractivity contribution in [1.29, 1.82) is 0 Å². The lowest BCUT2D eigenvalue weighted by atomic mass is 10.3. The predicted molar refractivity (Wildman–Crippen MR) is 62.1 cm³/mol. The van der Waals surface area contributed by atoms with E-state index in [1.807, 2.05) is 0 Å². The topological polar surface area (TPSA) is 75.4 Å². The van der Waals surface area contributed by atoms with Crippen LogP contribution in [0.15, 0.2) is 4.90 Å².